The Hall–Kier alpha value is -2.09. The summed E-state index contributed by atoms with van der Waals surface area (Å²) in [6, 6.07) is -0.507. The molecule has 4 nitrogen and oxygen atoms in total. The smallest absolute Gasteiger partial charge is 0.249 e. The molecule has 1 unspecified atom stereocenters. The van der Waals surface area contributed by atoms with E-state index in [-0.39, 0.29) is 18.2 Å². The molecule has 0 spiro atoms. The normalized spacial score (nSPS) is 23.7. The van der Waals surface area contributed by atoms with Crippen LogP contribution < -0.4 is 10.6 Å². The lowest BCUT2D eigenvalue weighted by Crippen LogP contribution is -2.50. The van der Waals surface area contributed by atoms with Gasteiger partial charge in [0.1, 0.15) is 6.04 Å². The van der Waals surface area contributed by atoms with Crippen LogP contribution in [0, 0.1) is 0 Å². The maximum Gasteiger partial charge on any atom is 0.249 e. The summed E-state index contributed by atoms with van der Waals surface area (Å²) in [6.07, 6.45) is 3.41. The van der Waals surface area contributed by atoms with Crippen molar-refractivity contribution in [2.75, 3.05) is 0 Å². The Kier molecular flexibility index (Phi) is 2.73. The van der Waals surface area contributed by atoms with E-state index in [9.17, 15) is 14.0 Å². The van der Waals surface area contributed by atoms with Crippen molar-refractivity contribution in [1.29, 1.82) is 0 Å². The fourth-order valence-electron chi connectivity index (χ4n) is 1.51. The second kappa shape index (κ2) is 4.19. The Morgan fingerprint density at radius 3 is 3.00 bits per heavy atom. The van der Waals surface area contributed by atoms with Crippen molar-refractivity contribution in [3.63, 3.8) is 0 Å². The zero-order valence-corrected chi connectivity index (χ0v) is 8.34. The fourth-order valence-corrected chi connectivity index (χ4v) is 1.51. The van der Waals surface area contributed by atoms with Crippen molar-refractivity contribution in [2.45, 2.75) is 18.9 Å². The monoisotopic (exact) mass is 220 g/mol. The highest BCUT2D eigenvalue weighted by Crippen LogP contribution is 2.10. The zero-order valence-electron chi connectivity index (χ0n) is 8.34. The number of allylic oxidation sites excluding steroid dienone is 3. The summed E-state index contributed by atoms with van der Waals surface area (Å²) >= 11 is 0. The van der Waals surface area contributed by atoms with Gasteiger partial charge < -0.3 is 5.32 Å². The summed E-state index contributed by atoms with van der Waals surface area (Å²) in [5.74, 6) is -1.20. The molecule has 1 heterocycles. The SMILES string of the molecule is O=C1CCC(NC2=CC(F)=C=C=C2)C(=O)N1. The fraction of sp³-hybridized carbons (Fsp3) is 0.273. The molecule has 0 aromatic heterocycles. The molecule has 1 fully saturated rings. The summed E-state index contributed by atoms with van der Waals surface area (Å²) in [4.78, 5) is 22.3. The molecule has 2 rings (SSSR count). The minimum absolute atomic E-state index is 0.276. The Morgan fingerprint density at radius 2 is 2.31 bits per heavy atom. The van der Waals surface area contributed by atoms with Gasteiger partial charge in [0.2, 0.25) is 11.8 Å². The van der Waals surface area contributed by atoms with E-state index in [1.54, 1.807) is 0 Å². The van der Waals surface area contributed by atoms with E-state index in [0.29, 0.717) is 12.1 Å². The topological polar surface area (TPSA) is 58.2 Å². The van der Waals surface area contributed by atoms with Gasteiger partial charge in [0, 0.05) is 24.3 Å². The highest BCUT2D eigenvalue weighted by atomic mass is 19.1. The minimum Gasteiger partial charge on any atom is -0.373 e. The lowest BCUT2D eigenvalue weighted by Gasteiger charge is -2.23. The summed E-state index contributed by atoms with van der Waals surface area (Å²) in [6.45, 7) is 0. The van der Waals surface area contributed by atoms with Gasteiger partial charge in [-0.3, -0.25) is 14.9 Å². The first-order valence-corrected chi connectivity index (χ1v) is 4.84. The van der Waals surface area contributed by atoms with Crippen LogP contribution in [0.2, 0.25) is 0 Å². The largest absolute Gasteiger partial charge is 0.373 e. The van der Waals surface area contributed by atoms with Crippen LogP contribution in [-0.4, -0.2) is 17.9 Å². The van der Waals surface area contributed by atoms with Gasteiger partial charge in [-0.2, -0.15) is 4.39 Å². The lowest BCUT2D eigenvalue weighted by molar-refractivity contribution is -0.134. The average Bonchev–Trinajstić information content (AvgIpc) is 2.22. The number of rotatable bonds is 2. The van der Waals surface area contributed by atoms with Crippen molar-refractivity contribution in [3.05, 3.63) is 35.1 Å². The molecule has 0 aromatic carbocycles. The highest BCUT2D eigenvalue weighted by molar-refractivity contribution is 6.00. The van der Waals surface area contributed by atoms with Crippen LogP contribution in [0.25, 0.3) is 0 Å². The number of halogens is 1. The summed E-state index contributed by atoms with van der Waals surface area (Å²) in [5, 5.41) is 5.05. The van der Waals surface area contributed by atoms with Crippen LogP contribution in [0.5, 0.6) is 0 Å². The third-order valence-corrected chi connectivity index (χ3v) is 2.28. The minimum atomic E-state index is -0.544. The van der Waals surface area contributed by atoms with Gasteiger partial charge in [-0.25, -0.2) is 0 Å². The van der Waals surface area contributed by atoms with E-state index in [0.717, 1.165) is 0 Å². The van der Waals surface area contributed by atoms with Gasteiger partial charge in [0.25, 0.3) is 0 Å². The van der Waals surface area contributed by atoms with Crippen LogP contribution in [0.3, 0.4) is 0 Å². The van der Waals surface area contributed by atoms with Gasteiger partial charge >= 0.3 is 0 Å². The summed E-state index contributed by atoms with van der Waals surface area (Å²) in [5.41, 5.74) is 5.17. The molecule has 2 amide bonds. The molecular formula is C11H9FN2O2. The lowest BCUT2D eigenvalue weighted by atomic mass is 10.1. The van der Waals surface area contributed by atoms with Crippen molar-refractivity contribution in [2.24, 2.45) is 0 Å². The first-order chi connectivity index (χ1) is 7.65. The van der Waals surface area contributed by atoms with Gasteiger partial charge in [-0.1, -0.05) is 5.73 Å². The number of imide groups is 1. The molecule has 0 bridgehead atoms. The maximum absolute atomic E-state index is 12.8. The molecule has 2 N–H and O–H groups in total. The molecule has 1 aliphatic carbocycles. The van der Waals surface area contributed by atoms with Gasteiger partial charge in [-0.15, -0.1) is 0 Å². The van der Waals surface area contributed by atoms with Crippen LogP contribution >= 0.6 is 0 Å². The van der Waals surface area contributed by atoms with E-state index in [2.05, 4.69) is 22.1 Å². The quantitative estimate of drug-likeness (QED) is 0.524. The van der Waals surface area contributed by atoms with Gasteiger partial charge in [0.05, 0.1) is 0 Å². The van der Waals surface area contributed by atoms with E-state index < -0.39 is 11.9 Å². The Morgan fingerprint density at radius 1 is 1.50 bits per heavy atom. The molecular weight excluding hydrogens is 211 g/mol. The summed E-state index contributed by atoms with van der Waals surface area (Å²) < 4.78 is 12.8. The van der Waals surface area contributed by atoms with Crippen LogP contribution in [0.4, 0.5) is 4.39 Å². The molecule has 0 aromatic rings. The van der Waals surface area contributed by atoms with Crippen LogP contribution in [-0.2, 0) is 9.59 Å². The first kappa shape index (κ1) is 10.4. The number of hydrogen-bond acceptors (Lipinski definition) is 3. The zero-order chi connectivity index (χ0) is 11.5. The van der Waals surface area contributed by atoms with E-state index in [1.807, 2.05) is 0 Å². The van der Waals surface area contributed by atoms with Crippen molar-refractivity contribution < 1.29 is 14.0 Å². The molecule has 1 aliphatic heterocycles. The van der Waals surface area contributed by atoms with E-state index >= 15 is 0 Å². The number of piperidine rings is 1. The number of carbonyl (C=O) groups is 2. The van der Waals surface area contributed by atoms with Gasteiger partial charge in [-0.05, 0) is 12.2 Å². The third kappa shape index (κ3) is 2.28. The molecule has 1 saturated heterocycles. The highest BCUT2D eigenvalue weighted by Gasteiger charge is 2.26. The third-order valence-electron chi connectivity index (χ3n) is 2.28. The van der Waals surface area contributed by atoms with E-state index in [4.69, 9.17) is 0 Å². The number of amides is 2. The molecule has 0 saturated carbocycles. The predicted octanol–water partition coefficient (Wildman–Crippen LogP) is 0.442. The van der Waals surface area contributed by atoms with Crippen LogP contribution in [0.1, 0.15) is 12.8 Å². The molecule has 1 atom stereocenters. The molecule has 0 radical (unpaired) electrons. The maximum atomic E-state index is 12.8. The van der Waals surface area contributed by atoms with Crippen molar-refractivity contribution in [1.82, 2.24) is 10.6 Å². The number of hydrogen-bond donors (Lipinski definition) is 2. The number of carbonyl (C=O) groups excluding carboxylic acids is 2. The second-order valence-electron chi connectivity index (χ2n) is 3.51. The predicted molar refractivity (Wildman–Crippen MR) is 53.6 cm³/mol. The standard InChI is InChI=1S/C11H9FN2O2/c12-7-2-1-3-8(6-7)13-9-4-5-10(15)14-11(9)16/h3,6,9,13H,4-5H2,(H,14,15,16). The second-order valence-corrected chi connectivity index (χ2v) is 3.51. The molecule has 2 aliphatic rings. The first-order valence-electron chi connectivity index (χ1n) is 4.84. The molecule has 82 valence electrons. The van der Waals surface area contributed by atoms with E-state index in [1.165, 1.54) is 12.2 Å². The Bertz CT molecular complexity index is 480. The van der Waals surface area contributed by atoms with Gasteiger partial charge in [0.15, 0.2) is 5.83 Å². The molecule has 5 heteroatoms. The molecule has 16 heavy (non-hydrogen) atoms. The number of nitrogens with one attached hydrogen (secondary N) is 2. The van der Waals surface area contributed by atoms with Crippen molar-refractivity contribution in [3.8, 4) is 0 Å². The van der Waals surface area contributed by atoms with Crippen LogP contribution in [0.15, 0.2) is 35.1 Å². The average molecular weight is 220 g/mol. The Balaban J connectivity index is 2.02. The Labute approximate surface area is 91.2 Å². The summed E-state index contributed by atoms with van der Waals surface area (Å²) in [7, 11) is 0. The van der Waals surface area contributed by atoms with Crippen molar-refractivity contribution >= 4 is 11.8 Å².